The smallest absolute Gasteiger partial charge is 0.256 e. The van der Waals surface area contributed by atoms with E-state index in [1.54, 1.807) is 44.6 Å². The number of amides is 1. The van der Waals surface area contributed by atoms with Gasteiger partial charge in [0.15, 0.2) is 36.5 Å². The molecule has 1 aliphatic rings. The van der Waals surface area contributed by atoms with E-state index in [2.05, 4.69) is 20.3 Å². The third-order valence-electron chi connectivity index (χ3n) is 9.47. The molecule has 7 rings (SSSR count). The molecule has 0 saturated carbocycles. The summed E-state index contributed by atoms with van der Waals surface area (Å²) < 4.78 is 54.7. The zero-order valence-corrected chi connectivity index (χ0v) is 32.7. The van der Waals surface area contributed by atoms with Crippen molar-refractivity contribution in [2.24, 2.45) is 0 Å². The van der Waals surface area contributed by atoms with Crippen LogP contribution in [0.4, 0.5) is 10.2 Å². The van der Waals surface area contributed by atoms with Crippen LogP contribution < -0.4 is 14.8 Å². The monoisotopic (exact) mass is 808 g/mol. The van der Waals surface area contributed by atoms with Gasteiger partial charge in [0, 0.05) is 5.56 Å². The number of halogens is 1. The minimum atomic E-state index is -2.48. The lowest BCUT2D eigenvalue weighted by Gasteiger charge is -2.37. The summed E-state index contributed by atoms with van der Waals surface area (Å²) in [4.78, 5) is 26.1. The number of aromatic nitrogens is 4. The number of imidazole rings is 1. The number of nitrogens with zero attached hydrogens (tertiary/aromatic N) is 5. The number of hydrogen-bond donors (Lipinski definition) is 1. The highest BCUT2D eigenvalue weighted by Crippen LogP contribution is 2.45. The van der Waals surface area contributed by atoms with Crippen molar-refractivity contribution in [1.82, 2.24) is 19.5 Å². The lowest BCUT2D eigenvalue weighted by molar-refractivity contribution is -0.0908. The van der Waals surface area contributed by atoms with E-state index in [0.29, 0.717) is 17.1 Å². The number of fused-ring (bicyclic) bond motifs is 1. The Labute approximate surface area is 333 Å². The zero-order valence-electron chi connectivity index (χ0n) is 30.9. The maximum Gasteiger partial charge on any atom is 0.256 e. The first kappa shape index (κ1) is 39.6. The molecule has 57 heavy (non-hydrogen) atoms. The van der Waals surface area contributed by atoms with E-state index in [-0.39, 0.29) is 36.6 Å². The van der Waals surface area contributed by atoms with Gasteiger partial charge in [0.05, 0.1) is 46.3 Å². The molecule has 2 aromatic heterocycles. The van der Waals surface area contributed by atoms with E-state index in [1.165, 1.54) is 17.2 Å². The van der Waals surface area contributed by atoms with Crippen molar-refractivity contribution in [2.75, 3.05) is 32.8 Å². The van der Waals surface area contributed by atoms with Gasteiger partial charge in [-0.25, -0.2) is 19.3 Å². The van der Waals surface area contributed by atoms with E-state index in [9.17, 15) is 4.79 Å². The Hall–Kier alpha value is -5.59. The van der Waals surface area contributed by atoms with Crippen LogP contribution in [0.25, 0.3) is 11.2 Å². The first-order valence-electron chi connectivity index (χ1n) is 17.9. The lowest BCUT2D eigenvalue weighted by atomic mass is 9.80. The van der Waals surface area contributed by atoms with Crippen LogP contribution in [0.1, 0.15) is 39.7 Å². The van der Waals surface area contributed by atoms with Crippen LogP contribution in [0.2, 0.25) is 0 Å². The second-order valence-electron chi connectivity index (χ2n) is 12.8. The van der Waals surface area contributed by atoms with E-state index in [1.807, 2.05) is 84.9 Å². The minimum absolute atomic E-state index is 0.0377. The molecule has 292 valence electrons. The summed E-state index contributed by atoms with van der Waals surface area (Å²) in [6.45, 7) is -0.146. The Morgan fingerprint density at radius 1 is 0.912 bits per heavy atom. The number of hydrogen-bond acceptors (Lipinski definition) is 12. The molecule has 0 radical (unpaired) electrons. The molecule has 0 bridgehead atoms. The minimum Gasteiger partial charge on any atom is -0.497 e. The van der Waals surface area contributed by atoms with Crippen LogP contribution >= 0.6 is 7.15 Å². The Morgan fingerprint density at radius 3 is 2.14 bits per heavy atom. The summed E-state index contributed by atoms with van der Waals surface area (Å²) in [5, 5.41) is 11.8. The molecule has 5 atom stereocenters. The molecule has 0 spiro atoms. The molecule has 1 fully saturated rings. The summed E-state index contributed by atoms with van der Waals surface area (Å²) in [5.74, 6) is 1.05. The Balaban J connectivity index is 1.26. The standard InChI is InChI=1S/C41H38FN6O7PS/c1-50-31-18-14-29(15-19-31)41(28-12-7-4-8-13-28,30-16-20-32(51-2)21-17-30)52-24-33-36(55-56(57)53-23-9-22-43)34(42)40(54-33)48-26-46-35-37(44-25-45-38(35)48)47-39(49)27-10-5-3-6-11-27/h3-8,10-21,25-26,33-34,36,40,56H,9,23-24H2,1-2H3,(H,44,45,47,49)/t33-,34-,36-,40-/m1/s1. The number of methoxy groups -OCH3 is 2. The molecule has 13 nitrogen and oxygen atoms in total. The molecule has 6 aromatic rings. The molecular weight excluding hydrogens is 771 g/mol. The van der Waals surface area contributed by atoms with Crippen molar-refractivity contribution in [2.45, 2.75) is 36.6 Å². The normalized spacial score (nSPS) is 18.5. The molecule has 1 N–H and O–H groups in total. The first-order valence-corrected chi connectivity index (χ1v) is 20.3. The van der Waals surface area contributed by atoms with Crippen LogP contribution in [-0.4, -0.2) is 71.2 Å². The number of rotatable bonds is 16. The van der Waals surface area contributed by atoms with Crippen molar-refractivity contribution >= 4 is 41.8 Å². The van der Waals surface area contributed by atoms with Crippen LogP contribution in [0, 0.1) is 11.3 Å². The van der Waals surface area contributed by atoms with Gasteiger partial charge in [-0.2, -0.15) is 5.26 Å². The summed E-state index contributed by atoms with van der Waals surface area (Å²) in [6.07, 6.45) is -2.70. The van der Waals surface area contributed by atoms with Gasteiger partial charge in [-0.3, -0.25) is 9.36 Å². The van der Waals surface area contributed by atoms with E-state index in [4.69, 9.17) is 45.1 Å². The molecule has 1 saturated heterocycles. The van der Waals surface area contributed by atoms with Gasteiger partial charge >= 0.3 is 0 Å². The summed E-state index contributed by atoms with van der Waals surface area (Å²) in [5.41, 5.74) is 1.93. The van der Waals surface area contributed by atoms with Gasteiger partial charge in [-0.15, -0.1) is 0 Å². The SMILES string of the molecule is COc1ccc(C(OC[C@H]2O[C@@H](n3cnc4c(NC(=O)c5ccccc5)ncnc43)[C@H](F)[C@@H]2O[PH](=S)OCCC#N)(c2ccccc2)c2ccc(OC)cc2)cc1. The molecule has 4 aromatic carbocycles. The van der Waals surface area contributed by atoms with Gasteiger partial charge in [-0.05, 0) is 64.9 Å². The first-order chi connectivity index (χ1) is 27.9. The predicted molar refractivity (Wildman–Crippen MR) is 214 cm³/mol. The van der Waals surface area contributed by atoms with E-state index in [0.717, 1.165) is 16.7 Å². The number of ether oxygens (including phenoxy) is 4. The Morgan fingerprint density at radius 2 is 1.53 bits per heavy atom. The van der Waals surface area contributed by atoms with Crippen LogP contribution in [-0.2, 0) is 35.9 Å². The average molecular weight is 809 g/mol. The molecule has 0 aliphatic carbocycles. The number of anilines is 1. The van der Waals surface area contributed by atoms with Crippen LogP contribution in [0.15, 0.2) is 122 Å². The highest BCUT2D eigenvalue weighted by molar-refractivity contribution is 8.00. The predicted octanol–water partition coefficient (Wildman–Crippen LogP) is 7.16. The van der Waals surface area contributed by atoms with Crippen molar-refractivity contribution in [3.63, 3.8) is 0 Å². The van der Waals surface area contributed by atoms with Crippen molar-refractivity contribution in [3.05, 3.63) is 144 Å². The number of benzene rings is 4. The van der Waals surface area contributed by atoms with E-state index >= 15 is 4.39 Å². The summed E-state index contributed by atoms with van der Waals surface area (Å²) >= 11 is 5.52. The quantitative estimate of drug-likeness (QED) is 0.0600. The lowest BCUT2D eigenvalue weighted by Crippen LogP contribution is -2.39. The van der Waals surface area contributed by atoms with Gasteiger partial charge in [0.25, 0.3) is 5.91 Å². The van der Waals surface area contributed by atoms with Crippen molar-refractivity contribution in [1.29, 1.82) is 5.26 Å². The largest absolute Gasteiger partial charge is 0.497 e. The number of nitrogens with one attached hydrogen (secondary N) is 1. The Bertz CT molecular complexity index is 2300. The fourth-order valence-corrected chi connectivity index (χ4v) is 8.12. The third kappa shape index (κ3) is 8.43. The molecule has 16 heteroatoms. The number of carbonyl (C=O) groups excluding carboxylic acids is 1. The molecule has 1 amide bonds. The topological polar surface area (TPSA) is 152 Å². The number of nitriles is 1. The summed E-state index contributed by atoms with van der Waals surface area (Å²) in [7, 11) is 0.706. The Kier molecular flexibility index (Phi) is 12.6. The van der Waals surface area contributed by atoms with E-state index < -0.39 is 43.3 Å². The second kappa shape index (κ2) is 18.1. The zero-order chi connectivity index (χ0) is 39.8. The number of alkyl halides is 1. The highest BCUT2D eigenvalue weighted by atomic mass is 32.4. The maximum absolute atomic E-state index is 17.0. The third-order valence-corrected chi connectivity index (χ3v) is 11.0. The average Bonchev–Trinajstić information content (AvgIpc) is 3.82. The summed E-state index contributed by atoms with van der Waals surface area (Å²) in [6, 6.07) is 35.4. The number of carbonyl (C=O) groups is 1. The molecule has 3 heterocycles. The fraction of sp³-hybridized carbons (Fsp3) is 0.244. The fourth-order valence-electron chi connectivity index (χ4n) is 6.70. The molecule has 1 aliphatic heterocycles. The second-order valence-corrected chi connectivity index (χ2v) is 14.8. The molecule has 1 unspecified atom stereocenters. The van der Waals surface area contributed by atoms with Gasteiger partial charge in [-0.1, -0.05) is 72.8 Å². The molecular formula is C41H38FN6O7PS. The highest BCUT2D eigenvalue weighted by Gasteiger charge is 2.50. The maximum atomic E-state index is 17.0. The van der Waals surface area contributed by atoms with Gasteiger partial charge in [0.1, 0.15) is 35.6 Å². The van der Waals surface area contributed by atoms with Crippen molar-refractivity contribution in [3.8, 4) is 17.6 Å². The van der Waals surface area contributed by atoms with Crippen molar-refractivity contribution < 1.29 is 37.2 Å². The van der Waals surface area contributed by atoms with Gasteiger partial charge in [0.2, 0.25) is 0 Å². The van der Waals surface area contributed by atoms with Crippen LogP contribution in [0.5, 0.6) is 11.5 Å². The van der Waals surface area contributed by atoms with Gasteiger partial charge < -0.3 is 33.3 Å². The van der Waals surface area contributed by atoms with Crippen LogP contribution in [0.3, 0.4) is 0 Å².